The summed E-state index contributed by atoms with van der Waals surface area (Å²) < 4.78 is 62.8. The fourth-order valence-electron chi connectivity index (χ4n) is 3.97. The van der Waals surface area contributed by atoms with E-state index in [4.69, 9.17) is 11.1 Å². The predicted octanol–water partition coefficient (Wildman–Crippen LogP) is 3.13. The maximum absolute atomic E-state index is 12.7. The van der Waals surface area contributed by atoms with E-state index in [-0.39, 0.29) is 29.2 Å². The molecule has 2 fully saturated rings. The largest absolute Gasteiger partial charge is 0.501 e. The van der Waals surface area contributed by atoms with E-state index in [1.54, 1.807) is 0 Å². The van der Waals surface area contributed by atoms with Crippen LogP contribution in [0.3, 0.4) is 0 Å². The molecule has 4 rings (SSSR count). The summed E-state index contributed by atoms with van der Waals surface area (Å²) >= 11 is 0. The monoisotopic (exact) mass is 498 g/mol. The summed E-state index contributed by atoms with van der Waals surface area (Å²) in [7, 11) is -5.46. The third kappa shape index (κ3) is 5.09. The van der Waals surface area contributed by atoms with Crippen LogP contribution in [0.5, 0.6) is 0 Å². The van der Waals surface area contributed by atoms with Crippen molar-refractivity contribution in [3.05, 3.63) is 36.0 Å². The third-order valence-electron chi connectivity index (χ3n) is 6.10. The van der Waals surface area contributed by atoms with Crippen LogP contribution in [0.4, 0.5) is 24.7 Å². The molecule has 0 saturated heterocycles. The molecule has 34 heavy (non-hydrogen) atoms. The number of anilines is 2. The van der Waals surface area contributed by atoms with Gasteiger partial charge in [0.2, 0.25) is 0 Å². The number of aromatic nitrogens is 2. The van der Waals surface area contributed by atoms with Gasteiger partial charge in [-0.3, -0.25) is 9.48 Å². The van der Waals surface area contributed by atoms with Gasteiger partial charge in [0.05, 0.1) is 10.9 Å². The molecule has 2 aromatic rings. The highest BCUT2D eigenvalue weighted by molar-refractivity contribution is 7.92. The quantitative estimate of drug-likeness (QED) is 0.440. The number of primary amides is 1. The Morgan fingerprint density at radius 3 is 2.41 bits per heavy atom. The van der Waals surface area contributed by atoms with Crippen LogP contribution in [-0.2, 0) is 9.84 Å². The number of sulfone groups is 1. The molecule has 1 amide bonds. The second-order valence-electron chi connectivity index (χ2n) is 8.71. The lowest BCUT2D eigenvalue weighted by atomic mass is 9.89. The van der Waals surface area contributed by atoms with Crippen molar-refractivity contribution in [1.29, 1.82) is 5.41 Å². The van der Waals surface area contributed by atoms with E-state index in [0.29, 0.717) is 18.6 Å². The van der Waals surface area contributed by atoms with Gasteiger partial charge >= 0.3 is 5.51 Å². The van der Waals surface area contributed by atoms with Crippen LogP contribution in [-0.4, -0.2) is 47.9 Å². The second-order valence-corrected chi connectivity index (χ2v) is 10.6. The number of nitrogens with two attached hydrogens (primary N) is 1. The topological polar surface area (TPSA) is 143 Å². The number of hydrogen-bond donors (Lipinski definition) is 4. The molecule has 0 spiro atoms. The molecule has 1 aromatic heterocycles. The van der Waals surface area contributed by atoms with Gasteiger partial charge in [-0.25, -0.2) is 8.42 Å². The van der Waals surface area contributed by atoms with Crippen molar-refractivity contribution in [3.8, 4) is 0 Å². The summed E-state index contributed by atoms with van der Waals surface area (Å²) in [5, 5.41) is 19.1. The normalized spacial score (nSPS) is 21.4. The summed E-state index contributed by atoms with van der Waals surface area (Å²) in [5.41, 5.74) is 0.812. The molecule has 0 radical (unpaired) electrons. The molecule has 9 nitrogen and oxygen atoms in total. The average Bonchev–Trinajstić information content (AvgIpc) is 3.50. The van der Waals surface area contributed by atoms with E-state index in [2.05, 4.69) is 15.7 Å². The Morgan fingerprint density at radius 1 is 1.18 bits per heavy atom. The summed E-state index contributed by atoms with van der Waals surface area (Å²) in [6, 6.07) is 3.81. The van der Waals surface area contributed by atoms with Crippen LogP contribution in [0.2, 0.25) is 0 Å². The fourth-order valence-corrected chi connectivity index (χ4v) is 4.73. The van der Waals surface area contributed by atoms with E-state index in [1.807, 2.05) is 0 Å². The van der Waals surface area contributed by atoms with E-state index < -0.39 is 26.1 Å². The van der Waals surface area contributed by atoms with Crippen LogP contribution in [0, 0.1) is 11.3 Å². The second kappa shape index (κ2) is 9.02. The lowest BCUT2D eigenvalue weighted by molar-refractivity contribution is -0.0436. The standard InChI is InChI=1S/C21H25F3N6O3S/c22-21(23,24)34(32,33)15-6-3-13(4-7-15)28-20-16(19(26)31)11-30(29-20)18-8-5-14(9-17(18)25)27-10-12-1-2-12/h3-4,6-7,11-12,14,18,25,27H,1-2,5,8-10H2,(H2,26,31)(H,28,29)/t14-,18+/m1/s1. The van der Waals surface area contributed by atoms with Gasteiger partial charge in [-0.15, -0.1) is 0 Å². The van der Waals surface area contributed by atoms with E-state index >= 15 is 0 Å². The van der Waals surface area contributed by atoms with E-state index in [0.717, 1.165) is 43.1 Å². The lowest BCUT2D eigenvalue weighted by Crippen LogP contribution is -2.39. The maximum Gasteiger partial charge on any atom is 0.501 e. The number of benzene rings is 1. The Balaban J connectivity index is 1.48. The highest BCUT2D eigenvalue weighted by atomic mass is 32.2. The van der Waals surface area contributed by atoms with Crippen LogP contribution >= 0.6 is 0 Å². The Morgan fingerprint density at radius 2 is 1.85 bits per heavy atom. The molecular formula is C21H25F3N6O3S. The molecule has 184 valence electrons. The van der Waals surface area contributed by atoms with Crippen LogP contribution in [0.1, 0.15) is 48.5 Å². The molecule has 13 heteroatoms. The van der Waals surface area contributed by atoms with Crippen molar-refractivity contribution < 1.29 is 26.4 Å². The highest BCUT2D eigenvalue weighted by Crippen LogP contribution is 2.33. The number of amides is 1. The van der Waals surface area contributed by atoms with Gasteiger partial charge in [-0.05, 0) is 62.4 Å². The zero-order valence-electron chi connectivity index (χ0n) is 18.1. The number of hydrogen-bond acceptors (Lipinski definition) is 7. The molecular weight excluding hydrogens is 473 g/mol. The van der Waals surface area contributed by atoms with Gasteiger partial charge < -0.3 is 21.8 Å². The van der Waals surface area contributed by atoms with Crippen molar-refractivity contribution >= 4 is 33.0 Å². The number of halogens is 3. The number of nitrogens with zero attached hydrogens (tertiary/aromatic N) is 2. The molecule has 2 aliphatic rings. The average molecular weight is 499 g/mol. The molecule has 1 heterocycles. The molecule has 1 aromatic carbocycles. The maximum atomic E-state index is 12.7. The van der Waals surface area contributed by atoms with Crippen molar-refractivity contribution in [2.24, 2.45) is 11.7 Å². The Kier molecular flexibility index (Phi) is 6.42. The summed E-state index contributed by atoms with van der Waals surface area (Å²) in [6.45, 7) is 0.966. The number of carbonyl (C=O) groups excluding carboxylic acids is 1. The Bertz CT molecular complexity index is 1190. The number of carbonyl (C=O) groups is 1. The molecule has 5 N–H and O–H groups in total. The van der Waals surface area contributed by atoms with Crippen molar-refractivity contribution in [1.82, 2.24) is 15.1 Å². The first-order chi connectivity index (χ1) is 16.0. The van der Waals surface area contributed by atoms with Crippen molar-refractivity contribution in [2.75, 3.05) is 11.9 Å². The van der Waals surface area contributed by atoms with Crippen LogP contribution < -0.4 is 16.4 Å². The highest BCUT2D eigenvalue weighted by Gasteiger charge is 2.46. The van der Waals surface area contributed by atoms with Crippen molar-refractivity contribution in [3.63, 3.8) is 0 Å². The first-order valence-corrected chi connectivity index (χ1v) is 12.3. The third-order valence-corrected chi connectivity index (χ3v) is 7.60. The Hall–Kier alpha value is -2.93. The van der Waals surface area contributed by atoms with Gasteiger partial charge in [-0.2, -0.15) is 18.3 Å². The van der Waals surface area contributed by atoms with Gasteiger partial charge in [0.1, 0.15) is 5.56 Å². The Labute approximate surface area is 194 Å². The summed E-state index contributed by atoms with van der Waals surface area (Å²) in [6.07, 6.45) is 6.03. The molecule has 0 aliphatic heterocycles. The van der Waals surface area contributed by atoms with Gasteiger partial charge in [0.25, 0.3) is 15.7 Å². The SMILES string of the molecule is N=C1C[C@H](NCC2CC2)CC[C@@H]1n1cc(C(N)=O)c(Nc2ccc(S(=O)(=O)C(F)(F)F)cc2)n1. The molecule has 2 aliphatic carbocycles. The fraction of sp³-hybridized carbons (Fsp3) is 0.476. The molecule has 0 unspecified atom stereocenters. The molecule has 2 atom stereocenters. The smallest absolute Gasteiger partial charge is 0.365 e. The first-order valence-electron chi connectivity index (χ1n) is 10.8. The van der Waals surface area contributed by atoms with E-state index in [9.17, 15) is 26.4 Å². The molecule has 0 bridgehead atoms. The zero-order valence-corrected chi connectivity index (χ0v) is 18.9. The minimum atomic E-state index is -5.46. The van der Waals surface area contributed by atoms with Gasteiger partial charge in [-0.1, -0.05) is 0 Å². The zero-order chi connectivity index (χ0) is 24.7. The predicted molar refractivity (Wildman–Crippen MR) is 119 cm³/mol. The number of rotatable bonds is 8. The molecule has 2 saturated carbocycles. The van der Waals surface area contributed by atoms with Gasteiger partial charge in [0.15, 0.2) is 5.82 Å². The number of nitrogens with one attached hydrogen (secondary N) is 3. The van der Waals surface area contributed by atoms with E-state index in [1.165, 1.54) is 23.7 Å². The van der Waals surface area contributed by atoms with Crippen LogP contribution in [0.25, 0.3) is 0 Å². The minimum absolute atomic E-state index is 0.0498. The first kappa shape index (κ1) is 24.2. The lowest BCUT2D eigenvalue weighted by Gasteiger charge is -2.30. The number of alkyl halides is 3. The van der Waals surface area contributed by atoms with Crippen LogP contribution in [0.15, 0.2) is 35.4 Å². The summed E-state index contributed by atoms with van der Waals surface area (Å²) in [4.78, 5) is 11.1. The minimum Gasteiger partial charge on any atom is -0.365 e. The summed E-state index contributed by atoms with van der Waals surface area (Å²) in [5.74, 6) is 0.0458. The van der Waals surface area contributed by atoms with Gasteiger partial charge in [0, 0.05) is 30.1 Å². The van der Waals surface area contributed by atoms with Crippen molar-refractivity contribution in [2.45, 2.75) is 54.6 Å².